The fourth-order valence-electron chi connectivity index (χ4n) is 8.40. The van der Waals surface area contributed by atoms with Crippen molar-refractivity contribution in [2.24, 2.45) is 0 Å². The summed E-state index contributed by atoms with van der Waals surface area (Å²) < 4.78 is 35.7. The van der Waals surface area contributed by atoms with Crippen LogP contribution in [0.1, 0.15) is 56.2 Å². The number of alkyl halides is 2. The third kappa shape index (κ3) is 6.30. The Morgan fingerprint density at radius 1 is 1.08 bits per heavy atom. The zero-order chi connectivity index (χ0) is 33.5. The van der Waals surface area contributed by atoms with Crippen molar-refractivity contribution in [1.29, 1.82) is 5.26 Å². The first kappa shape index (κ1) is 32.3. The van der Waals surface area contributed by atoms with Crippen LogP contribution in [-0.4, -0.2) is 89.1 Å². The van der Waals surface area contributed by atoms with Crippen LogP contribution in [0.4, 0.5) is 20.3 Å². The van der Waals surface area contributed by atoms with E-state index in [1.54, 1.807) is 16.8 Å². The molecule has 1 unspecified atom stereocenters. The van der Waals surface area contributed by atoms with Gasteiger partial charge in [0.2, 0.25) is 5.91 Å². The number of benzene rings is 2. The van der Waals surface area contributed by atoms with Gasteiger partial charge in [0.25, 0.3) is 5.92 Å². The summed E-state index contributed by atoms with van der Waals surface area (Å²) in [4.78, 5) is 30.8. The first-order valence-corrected chi connectivity index (χ1v) is 17.1. The van der Waals surface area contributed by atoms with E-state index < -0.39 is 11.5 Å². The number of amides is 1. The van der Waals surface area contributed by atoms with Crippen LogP contribution >= 0.6 is 0 Å². The van der Waals surface area contributed by atoms with Crippen molar-refractivity contribution in [3.63, 3.8) is 0 Å². The summed E-state index contributed by atoms with van der Waals surface area (Å²) in [5.74, 6) is -2.10. The fraction of sp³-hybridized carbons (Fsp3) is 0.514. The average molecular weight is 656 g/mol. The van der Waals surface area contributed by atoms with Crippen LogP contribution in [0, 0.1) is 11.3 Å². The maximum atomic E-state index is 14.4. The summed E-state index contributed by atoms with van der Waals surface area (Å²) in [5, 5.41) is 12.0. The van der Waals surface area contributed by atoms with E-state index >= 15 is 0 Å². The lowest BCUT2D eigenvalue weighted by molar-refractivity contribution is -0.128. The lowest BCUT2D eigenvalue weighted by atomic mass is 9.91. The van der Waals surface area contributed by atoms with Gasteiger partial charge in [0.05, 0.1) is 37.3 Å². The van der Waals surface area contributed by atoms with Crippen LogP contribution in [0.3, 0.4) is 0 Å². The molecule has 0 radical (unpaired) electrons. The second kappa shape index (κ2) is 13.0. The van der Waals surface area contributed by atoms with Crippen molar-refractivity contribution >= 4 is 28.2 Å². The van der Waals surface area contributed by atoms with Crippen molar-refractivity contribution in [1.82, 2.24) is 19.8 Å². The molecule has 2 saturated heterocycles. The van der Waals surface area contributed by atoms with E-state index in [0.29, 0.717) is 32.6 Å². The van der Waals surface area contributed by atoms with Gasteiger partial charge in [0.15, 0.2) is 0 Å². The fourth-order valence-corrected chi connectivity index (χ4v) is 8.40. The molecule has 11 heteroatoms. The molecule has 252 valence electrons. The lowest BCUT2D eigenvalue weighted by Crippen LogP contribution is -2.55. The predicted octanol–water partition coefficient (Wildman–Crippen LogP) is 5.73. The molecule has 9 nitrogen and oxygen atoms in total. The molecule has 48 heavy (non-hydrogen) atoms. The van der Waals surface area contributed by atoms with Gasteiger partial charge < -0.3 is 19.4 Å². The molecule has 2 aromatic carbocycles. The Kier molecular flexibility index (Phi) is 8.71. The van der Waals surface area contributed by atoms with Crippen LogP contribution in [0.15, 0.2) is 55.1 Å². The van der Waals surface area contributed by atoms with Gasteiger partial charge in [-0.05, 0) is 56.7 Å². The van der Waals surface area contributed by atoms with E-state index in [0.717, 1.165) is 61.4 Å². The quantitative estimate of drug-likeness (QED) is 0.285. The van der Waals surface area contributed by atoms with Crippen LogP contribution in [0.25, 0.3) is 10.8 Å². The molecule has 3 fully saturated rings. The molecule has 1 aliphatic carbocycles. The van der Waals surface area contributed by atoms with Crippen LogP contribution in [0.5, 0.6) is 6.01 Å². The Morgan fingerprint density at radius 3 is 2.62 bits per heavy atom. The number of ether oxygens (including phenoxy) is 1. The molecule has 1 aromatic heterocycles. The Balaban J connectivity index is 1.24. The number of aromatic nitrogens is 2. The topological polar surface area (TPSA) is 88.8 Å². The van der Waals surface area contributed by atoms with Gasteiger partial charge in [-0.2, -0.15) is 15.2 Å². The minimum atomic E-state index is -2.70. The Morgan fingerprint density at radius 2 is 1.88 bits per heavy atom. The molecule has 4 heterocycles. The number of hydrogen-bond acceptors (Lipinski definition) is 8. The standard InChI is InChI=1S/C37H43F2N7O2/c1-3-33(47)46-20-19-45(23-27(46)13-17-40)34-30-14-18-44(32-12-8-10-26-9-4-5-11-29(26)32)24-31(30)41-35(42-34)48-36(15-6-7-16-36)21-28-22-37(38,39)25-43(28)2/h3-5,8-12,27-28H,1,6-7,13-16,18-25H2,2H3/t27-,28?/m0/s1. The second-order valence-corrected chi connectivity index (χ2v) is 13.9. The average Bonchev–Trinajstić information content (AvgIpc) is 3.64. The molecule has 3 aromatic rings. The zero-order valence-electron chi connectivity index (χ0n) is 27.6. The van der Waals surface area contributed by atoms with Crippen molar-refractivity contribution in [3.8, 4) is 12.1 Å². The van der Waals surface area contributed by atoms with E-state index in [1.165, 1.54) is 16.8 Å². The maximum Gasteiger partial charge on any atom is 0.319 e. The molecule has 2 atom stereocenters. The number of hydrogen-bond donors (Lipinski definition) is 0. The number of likely N-dealkylation sites (tertiary alicyclic amines) is 1. The number of nitriles is 1. The molecule has 0 bridgehead atoms. The molecule has 3 aliphatic heterocycles. The van der Waals surface area contributed by atoms with Crippen LogP contribution in [-0.2, 0) is 17.8 Å². The maximum absolute atomic E-state index is 14.4. The SMILES string of the molecule is C=CC(=O)N1CCN(c2nc(OC3(CC4CC(F)(F)CN4C)CCCC3)nc3c2CCN(c2cccc4ccccc24)C3)C[C@@H]1CC#N. The van der Waals surface area contributed by atoms with E-state index in [1.807, 2.05) is 6.07 Å². The highest BCUT2D eigenvalue weighted by molar-refractivity contribution is 5.94. The summed E-state index contributed by atoms with van der Waals surface area (Å²) in [7, 11) is 1.78. The molecule has 0 spiro atoms. The summed E-state index contributed by atoms with van der Waals surface area (Å²) in [5.41, 5.74) is 2.46. The number of piperazine rings is 1. The number of carbonyl (C=O) groups excluding carboxylic acids is 1. The number of rotatable bonds is 8. The van der Waals surface area contributed by atoms with Gasteiger partial charge in [-0.3, -0.25) is 9.69 Å². The minimum Gasteiger partial charge on any atom is -0.457 e. The first-order valence-electron chi connectivity index (χ1n) is 17.1. The molecular weight excluding hydrogens is 612 g/mol. The van der Waals surface area contributed by atoms with Crippen molar-refractivity contribution in [2.75, 3.05) is 49.6 Å². The minimum absolute atomic E-state index is 0.168. The summed E-state index contributed by atoms with van der Waals surface area (Å²) >= 11 is 0. The third-order valence-corrected chi connectivity index (χ3v) is 10.8. The Hall–Kier alpha value is -4.30. The Labute approximate surface area is 280 Å². The second-order valence-electron chi connectivity index (χ2n) is 13.9. The van der Waals surface area contributed by atoms with Gasteiger partial charge in [0.1, 0.15) is 11.4 Å². The van der Waals surface area contributed by atoms with Crippen molar-refractivity contribution < 1.29 is 18.3 Å². The number of nitrogens with zero attached hydrogens (tertiary/aromatic N) is 7. The molecule has 1 saturated carbocycles. The summed E-state index contributed by atoms with van der Waals surface area (Å²) in [6.07, 6.45) is 6.03. The van der Waals surface area contributed by atoms with E-state index in [-0.39, 0.29) is 43.4 Å². The van der Waals surface area contributed by atoms with E-state index in [9.17, 15) is 18.8 Å². The molecule has 1 amide bonds. The number of anilines is 2. The van der Waals surface area contributed by atoms with Crippen molar-refractivity contribution in [2.45, 2.75) is 81.5 Å². The number of carbonyl (C=O) groups is 1. The largest absolute Gasteiger partial charge is 0.457 e. The van der Waals surface area contributed by atoms with Crippen molar-refractivity contribution in [3.05, 3.63) is 66.4 Å². The number of halogens is 2. The van der Waals surface area contributed by atoms with Crippen LogP contribution < -0.4 is 14.5 Å². The smallest absolute Gasteiger partial charge is 0.319 e. The Bertz CT molecular complexity index is 1730. The van der Waals surface area contributed by atoms with E-state index in [4.69, 9.17) is 14.7 Å². The van der Waals surface area contributed by atoms with Crippen LogP contribution in [0.2, 0.25) is 0 Å². The zero-order valence-corrected chi connectivity index (χ0v) is 27.6. The monoisotopic (exact) mass is 655 g/mol. The van der Waals surface area contributed by atoms with Gasteiger partial charge >= 0.3 is 6.01 Å². The predicted molar refractivity (Wildman–Crippen MR) is 181 cm³/mol. The molecule has 0 N–H and O–H groups in total. The normalized spacial score (nSPS) is 23.6. The highest BCUT2D eigenvalue weighted by Crippen LogP contribution is 2.43. The summed E-state index contributed by atoms with van der Waals surface area (Å²) in [6, 6.07) is 16.7. The van der Waals surface area contributed by atoms with E-state index in [2.05, 4.69) is 58.8 Å². The summed E-state index contributed by atoms with van der Waals surface area (Å²) in [6.45, 7) is 6.21. The van der Waals surface area contributed by atoms with Gasteiger partial charge in [-0.1, -0.05) is 43.0 Å². The highest BCUT2D eigenvalue weighted by Gasteiger charge is 2.48. The molecule has 7 rings (SSSR count). The highest BCUT2D eigenvalue weighted by atomic mass is 19.3. The van der Waals surface area contributed by atoms with Gasteiger partial charge in [0, 0.05) is 61.7 Å². The van der Waals surface area contributed by atoms with Gasteiger partial charge in [-0.15, -0.1) is 0 Å². The molecular formula is C37H43F2N7O2. The third-order valence-electron chi connectivity index (χ3n) is 10.8. The lowest BCUT2D eigenvalue weighted by Gasteiger charge is -2.42. The van der Waals surface area contributed by atoms with Gasteiger partial charge in [-0.25, -0.2) is 8.78 Å². The molecule has 4 aliphatic rings. The first-order chi connectivity index (χ1) is 23.2. The number of fused-ring (bicyclic) bond motifs is 2.